The quantitative estimate of drug-likeness (QED) is 0.919. The first-order valence-electron chi connectivity index (χ1n) is 8.16. The van der Waals surface area contributed by atoms with Gasteiger partial charge in [0.1, 0.15) is 0 Å². The highest BCUT2D eigenvalue weighted by molar-refractivity contribution is 5.85. The lowest BCUT2D eigenvalue weighted by Gasteiger charge is -2.60. The van der Waals surface area contributed by atoms with Crippen LogP contribution in [0.25, 0.3) is 0 Å². The van der Waals surface area contributed by atoms with Crippen LogP contribution in [0.5, 0.6) is 0 Å². The Bertz CT molecular complexity index is 589. The molecule has 4 fully saturated rings. The number of aryl methyl sites for hydroxylation is 1. The summed E-state index contributed by atoms with van der Waals surface area (Å²) in [4.78, 5) is 16.0. The van der Waals surface area contributed by atoms with Crippen molar-refractivity contribution < 1.29 is 14.3 Å². The van der Waals surface area contributed by atoms with Crippen molar-refractivity contribution in [2.45, 2.75) is 64.2 Å². The van der Waals surface area contributed by atoms with Crippen molar-refractivity contribution in [1.82, 2.24) is 4.98 Å². The molecule has 2 unspecified atom stereocenters. The average molecular weight is 289 g/mol. The normalized spacial score (nSPS) is 40.7. The zero-order valence-electron chi connectivity index (χ0n) is 12.8. The van der Waals surface area contributed by atoms with Gasteiger partial charge in [-0.15, -0.1) is 0 Å². The van der Waals surface area contributed by atoms with E-state index in [2.05, 4.69) is 11.9 Å². The average Bonchev–Trinajstić information content (AvgIpc) is 2.80. The molecule has 0 amide bonds. The molecule has 0 aromatic carbocycles. The van der Waals surface area contributed by atoms with Gasteiger partial charge in [0.05, 0.1) is 5.69 Å². The molecule has 0 radical (unpaired) electrons. The molecule has 21 heavy (non-hydrogen) atoms. The summed E-state index contributed by atoms with van der Waals surface area (Å²) in [5, 5.41) is 9.31. The Morgan fingerprint density at radius 3 is 2.48 bits per heavy atom. The van der Waals surface area contributed by atoms with Gasteiger partial charge in [-0.05, 0) is 62.2 Å². The van der Waals surface area contributed by atoms with Crippen LogP contribution in [0, 0.1) is 17.3 Å². The number of hydrogen-bond donors (Lipinski definition) is 1. The minimum Gasteiger partial charge on any atom is -0.475 e. The predicted octanol–water partition coefficient (Wildman–Crippen LogP) is 3.79. The number of aromatic nitrogens is 1. The van der Waals surface area contributed by atoms with Crippen LogP contribution in [0.4, 0.5) is 0 Å². The van der Waals surface area contributed by atoms with Gasteiger partial charge in [0.2, 0.25) is 11.7 Å². The Hall–Kier alpha value is -1.32. The number of carboxylic acids is 1. The van der Waals surface area contributed by atoms with E-state index in [1.807, 2.05) is 6.92 Å². The van der Waals surface area contributed by atoms with E-state index in [-0.39, 0.29) is 11.2 Å². The molecular formula is C17H23NO3. The molecule has 1 aromatic heterocycles. The Morgan fingerprint density at radius 1 is 1.33 bits per heavy atom. The summed E-state index contributed by atoms with van der Waals surface area (Å²) in [7, 11) is 0. The first kappa shape index (κ1) is 13.4. The van der Waals surface area contributed by atoms with Crippen molar-refractivity contribution in [3.05, 3.63) is 17.3 Å². The third kappa shape index (κ3) is 1.87. The fourth-order valence-corrected chi connectivity index (χ4v) is 5.96. The summed E-state index contributed by atoms with van der Waals surface area (Å²) in [5.74, 6) is 1.36. The molecule has 0 aliphatic heterocycles. The predicted molar refractivity (Wildman–Crippen MR) is 77.3 cm³/mol. The molecule has 0 spiro atoms. The highest BCUT2D eigenvalue weighted by atomic mass is 16.4. The van der Waals surface area contributed by atoms with Gasteiger partial charge in [-0.3, -0.25) is 0 Å². The van der Waals surface area contributed by atoms with E-state index in [0.717, 1.165) is 37.0 Å². The summed E-state index contributed by atoms with van der Waals surface area (Å²) in [5.41, 5.74) is 1.03. The third-order valence-electron chi connectivity index (χ3n) is 6.03. The smallest absolute Gasteiger partial charge is 0.373 e. The molecule has 2 atom stereocenters. The number of oxazole rings is 1. The first-order chi connectivity index (χ1) is 9.93. The number of carboxylic acid groups (broad SMARTS) is 1. The van der Waals surface area contributed by atoms with Crippen molar-refractivity contribution >= 4 is 5.97 Å². The lowest BCUT2D eigenvalue weighted by atomic mass is 9.44. The van der Waals surface area contributed by atoms with Crippen molar-refractivity contribution in [1.29, 1.82) is 0 Å². The molecule has 4 saturated carbocycles. The number of rotatable bonds is 3. The highest BCUT2D eigenvalue weighted by Gasteiger charge is 2.58. The number of hydrogen-bond acceptors (Lipinski definition) is 3. The SMILES string of the molecule is CCc1nc(C23CC4CC(CC(C)(C4)C2)C3)oc1C(=O)O. The van der Waals surface area contributed by atoms with Crippen LogP contribution >= 0.6 is 0 Å². The van der Waals surface area contributed by atoms with Gasteiger partial charge in [0.15, 0.2) is 0 Å². The lowest BCUT2D eigenvalue weighted by Crippen LogP contribution is -2.53. The summed E-state index contributed by atoms with van der Waals surface area (Å²) < 4.78 is 5.79. The van der Waals surface area contributed by atoms with Gasteiger partial charge in [-0.25, -0.2) is 9.78 Å². The van der Waals surface area contributed by atoms with E-state index in [9.17, 15) is 9.90 Å². The maximum atomic E-state index is 11.4. The van der Waals surface area contributed by atoms with Crippen LogP contribution in [0.2, 0.25) is 0 Å². The van der Waals surface area contributed by atoms with Crippen LogP contribution in [0.1, 0.15) is 74.5 Å². The van der Waals surface area contributed by atoms with Gasteiger partial charge in [0.25, 0.3) is 0 Å². The molecule has 4 aliphatic rings. The standard InChI is InChI=1S/C17H23NO3/c1-3-12-13(14(19)20)21-15(18-12)17-7-10-4-11(8-17)6-16(2,5-10)9-17/h10-11H,3-9H2,1-2H3,(H,19,20). The summed E-state index contributed by atoms with van der Waals surface area (Å²) in [6.45, 7) is 4.34. The minimum atomic E-state index is -0.985. The van der Waals surface area contributed by atoms with Crippen LogP contribution in [0.3, 0.4) is 0 Å². The van der Waals surface area contributed by atoms with Crippen LogP contribution in [-0.4, -0.2) is 16.1 Å². The lowest BCUT2D eigenvalue weighted by molar-refractivity contribution is -0.0711. The van der Waals surface area contributed by atoms with Gasteiger partial charge in [-0.1, -0.05) is 13.8 Å². The van der Waals surface area contributed by atoms with E-state index in [4.69, 9.17) is 4.42 Å². The second kappa shape index (κ2) is 4.11. The third-order valence-corrected chi connectivity index (χ3v) is 6.03. The Morgan fingerprint density at radius 2 is 2.00 bits per heavy atom. The van der Waals surface area contributed by atoms with Gasteiger partial charge < -0.3 is 9.52 Å². The second-order valence-electron chi connectivity index (χ2n) is 8.01. The van der Waals surface area contributed by atoms with Crippen LogP contribution < -0.4 is 0 Å². The molecule has 1 aromatic rings. The van der Waals surface area contributed by atoms with Crippen LogP contribution in [0.15, 0.2) is 4.42 Å². The van der Waals surface area contributed by atoms with Crippen molar-refractivity contribution in [3.8, 4) is 0 Å². The fourth-order valence-electron chi connectivity index (χ4n) is 5.96. The maximum absolute atomic E-state index is 11.4. The minimum absolute atomic E-state index is 0.0104. The van der Waals surface area contributed by atoms with E-state index in [1.165, 1.54) is 19.3 Å². The molecule has 4 aliphatic carbocycles. The first-order valence-corrected chi connectivity index (χ1v) is 8.16. The summed E-state index contributed by atoms with van der Waals surface area (Å²) >= 11 is 0. The molecule has 1 N–H and O–H groups in total. The highest BCUT2D eigenvalue weighted by Crippen LogP contribution is 2.65. The van der Waals surface area contributed by atoms with Gasteiger partial charge >= 0.3 is 5.97 Å². The fraction of sp³-hybridized carbons (Fsp3) is 0.765. The second-order valence-corrected chi connectivity index (χ2v) is 8.01. The van der Waals surface area contributed by atoms with Crippen molar-refractivity contribution in [2.75, 3.05) is 0 Å². The van der Waals surface area contributed by atoms with E-state index < -0.39 is 5.97 Å². The number of carbonyl (C=O) groups is 1. The molecule has 1 heterocycles. The Kier molecular flexibility index (Phi) is 2.61. The molecule has 114 valence electrons. The molecule has 4 bridgehead atoms. The number of nitrogens with zero attached hydrogens (tertiary/aromatic N) is 1. The summed E-state index contributed by atoms with van der Waals surface area (Å²) in [6.07, 6.45) is 8.03. The molecule has 4 heteroatoms. The monoisotopic (exact) mass is 289 g/mol. The van der Waals surface area contributed by atoms with Gasteiger partial charge in [-0.2, -0.15) is 0 Å². The van der Waals surface area contributed by atoms with Crippen LogP contribution in [-0.2, 0) is 11.8 Å². The van der Waals surface area contributed by atoms with E-state index in [0.29, 0.717) is 17.5 Å². The Balaban J connectivity index is 1.77. The zero-order valence-corrected chi connectivity index (χ0v) is 12.8. The van der Waals surface area contributed by atoms with Crippen molar-refractivity contribution in [3.63, 3.8) is 0 Å². The molecule has 4 nitrogen and oxygen atoms in total. The maximum Gasteiger partial charge on any atom is 0.373 e. The topological polar surface area (TPSA) is 63.3 Å². The summed E-state index contributed by atoms with van der Waals surface area (Å²) in [6, 6.07) is 0. The molecule has 0 saturated heterocycles. The van der Waals surface area contributed by atoms with E-state index >= 15 is 0 Å². The molecular weight excluding hydrogens is 266 g/mol. The number of aromatic carboxylic acids is 1. The Labute approximate surface area is 124 Å². The van der Waals surface area contributed by atoms with Crippen molar-refractivity contribution in [2.24, 2.45) is 17.3 Å². The van der Waals surface area contributed by atoms with E-state index in [1.54, 1.807) is 0 Å². The molecule has 5 rings (SSSR count). The largest absolute Gasteiger partial charge is 0.475 e. The van der Waals surface area contributed by atoms with Gasteiger partial charge in [0, 0.05) is 5.41 Å². The zero-order chi connectivity index (χ0) is 14.8.